The predicted octanol–water partition coefficient (Wildman–Crippen LogP) is 2.15. The van der Waals surface area contributed by atoms with Crippen molar-refractivity contribution in [3.63, 3.8) is 0 Å². The van der Waals surface area contributed by atoms with E-state index in [1.807, 2.05) is 35.6 Å². The largest absolute Gasteiger partial charge is 0.405 e. The van der Waals surface area contributed by atoms with E-state index in [2.05, 4.69) is 0 Å². The molecule has 0 aliphatic carbocycles. The highest BCUT2D eigenvalue weighted by Crippen LogP contribution is 2.19. The van der Waals surface area contributed by atoms with Crippen LogP contribution in [-0.4, -0.2) is 42.5 Å². The molecule has 0 bridgehead atoms. The van der Waals surface area contributed by atoms with Gasteiger partial charge in [0.25, 0.3) is 0 Å². The summed E-state index contributed by atoms with van der Waals surface area (Å²) in [5, 5.41) is 1.90. The first kappa shape index (κ1) is 17.3. The number of amides is 2. The molecule has 7 heteroatoms. The molecule has 0 spiro atoms. The molecule has 1 N–H and O–H groups in total. The van der Waals surface area contributed by atoms with E-state index < -0.39 is 24.5 Å². The Morgan fingerprint density at radius 1 is 1.22 bits per heavy atom. The smallest absolute Gasteiger partial charge is 0.347 e. The summed E-state index contributed by atoms with van der Waals surface area (Å²) in [6, 6.07) is 9.22. The number of hydrogen-bond acceptors (Lipinski definition) is 2. The van der Waals surface area contributed by atoms with Gasteiger partial charge in [-0.2, -0.15) is 13.2 Å². The molecule has 1 unspecified atom stereocenters. The van der Waals surface area contributed by atoms with Gasteiger partial charge in [-0.15, -0.1) is 0 Å². The lowest BCUT2D eigenvalue weighted by Crippen LogP contribution is -2.47. The second-order valence-corrected chi connectivity index (χ2v) is 5.67. The van der Waals surface area contributed by atoms with E-state index in [1.165, 1.54) is 0 Å². The summed E-state index contributed by atoms with van der Waals surface area (Å²) in [5.41, 5.74) is 0.876. The van der Waals surface area contributed by atoms with Gasteiger partial charge >= 0.3 is 6.18 Å². The standard InChI is InChI=1S/C16H19F3N2O2/c17-16(18,19)11-20-15(23)13-7-4-8-21(10-13)14(22)9-12-5-2-1-3-6-12/h1-3,5-6,13H,4,7-11H2,(H,20,23). The highest BCUT2D eigenvalue weighted by atomic mass is 19.4. The Kier molecular flexibility index (Phi) is 5.63. The van der Waals surface area contributed by atoms with Gasteiger partial charge in [0, 0.05) is 13.1 Å². The number of rotatable bonds is 4. The van der Waals surface area contributed by atoms with Crippen LogP contribution in [0.2, 0.25) is 0 Å². The van der Waals surface area contributed by atoms with Gasteiger partial charge in [-0.3, -0.25) is 9.59 Å². The third-order valence-corrected chi connectivity index (χ3v) is 3.81. The van der Waals surface area contributed by atoms with Crippen LogP contribution in [0, 0.1) is 5.92 Å². The molecule has 126 valence electrons. The average Bonchev–Trinajstić information content (AvgIpc) is 2.53. The minimum atomic E-state index is -4.42. The lowest BCUT2D eigenvalue weighted by atomic mass is 9.96. The number of piperidine rings is 1. The van der Waals surface area contributed by atoms with Crippen molar-refractivity contribution >= 4 is 11.8 Å². The van der Waals surface area contributed by atoms with Crippen LogP contribution in [0.3, 0.4) is 0 Å². The van der Waals surface area contributed by atoms with Crippen LogP contribution in [-0.2, 0) is 16.0 Å². The Hall–Kier alpha value is -2.05. The van der Waals surface area contributed by atoms with E-state index in [-0.39, 0.29) is 18.9 Å². The molecule has 0 saturated carbocycles. The van der Waals surface area contributed by atoms with Crippen molar-refractivity contribution in [1.82, 2.24) is 10.2 Å². The monoisotopic (exact) mass is 328 g/mol. The normalized spacial score (nSPS) is 18.6. The molecule has 23 heavy (non-hydrogen) atoms. The van der Waals surface area contributed by atoms with Crippen molar-refractivity contribution in [3.8, 4) is 0 Å². The maximum atomic E-state index is 12.3. The summed E-state index contributed by atoms with van der Waals surface area (Å²) >= 11 is 0. The van der Waals surface area contributed by atoms with Crippen LogP contribution in [0.4, 0.5) is 13.2 Å². The van der Waals surface area contributed by atoms with Crippen molar-refractivity contribution in [2.45, 2.75) is 25.4 Å². The molecule has 1 aliphatic heterocycles. The van der Waals surface area contributed by atoms with Gasteiger partial charge in [0.2, 0.25) is 11.8 Å². The Morgan fingerprint density at radius 2 is 1.91 bits per heavy atom. The van der Waals surface area contributed by atoms with Gasteiger partial charge in [-0.05, 0) is 18.4 Å². The van der Waals surface area contributed by atoms with Crippen LogP contribution >= 0.6 is 0 Å². The topological polar surface area (TPSA) is 49.4 Å². The molecule has 2 amide bonds. The van der Waals surface area contributed by atoms with Crippen LogP contribution in [0.15, 0.2) is 30.3 Å². The SMILES string of the molecule is O=C(NCC(F)(F)F)C1CCCN(C(=O)Cc2ccccc2)C1. The molecule has 1 aromatic carbocycles. The van der Waals surface area contributed by atoms with Gasteiger partial charge in [0.1, 0.15) is 6.54 Å². The lowest BCUT2D eigenvalue weighted by Gasteiger charge is -2.32. The van der Waals surface area contributed by atoms with Crippen LogP contribution in [0.25, 0.3) is 0 Å². The third kappa shape index (κ3) is 5.58. The zero-order valence-corrected chi connectivity index (χ0v) is 12.6. The third-order valence-electron chi connectivity index (χ3n) is 3.81. The van der Waals surface area contributed by atoms with E-state index in [1.54, 1.807) is 4.90 Å². The van der Waals surface area contributed by atoms with Gasteiger partial charge in [-0.25, -0.2) is 0 Å². The Bertz CT molecular complexity index is 546. The number of carbonyl (C=O) groups is 2. The first-order valence-corrected chi connectivity index (χ1v) is 7.51. The maximum Gasteiger partial charge on any atom is 0.405 e. The summed E-state index contributed by atoms with van der Waals surface area (Å²) in [4.78, 5) is 25.7. The van der Waals surface area contributed by atoms with E-state index in [9.17, 15) is 22.8 Å². The van der Waals surface area contributed by atoms with E-state index >= 15 is 0 Å². The first-order chi connectivity index (χ1) is 10.8. The van der Waals surface area contributed by atoms with Crippen molar-refractivity contribution in [3.05, 3.63) is 35.9 Å². The van der Waals surface area contributed by atoms with E-state index in [0.717, 1.165) is 5.56 Å². The number of alkyl halides is 3. The summed E-state index contributed by atoms with van der Waals surface area (Å²) < 4.78 is 36.5. The summed E-state index contributed by atoms with van der Waals surface area (Å²) in [6.07, 6.45) is -3.08. The highest BCUT2D eigenvalue weighted by Gasteiger charge is 2.32. The Labute approximate surface area is 132 Å². The number of nitrogens with zero attached hydrogens (tertiary/aromatic N) is 1. The lowest BCUT2D eigenvalue weighted by molar-refractivity contribution is -0.143. The molecular formula is C16H19F3N2O2. The molecule has 1 saturated heterocycles. The quantitative estimate of drug-likeness (QED) is 0.921. The molecule has 0 aromatic heterocycles. The van der Waals surface area contributed by atoms with Crippen molar-refractivity contribution in [1.29, 1.82) is 0 Å². The highest BCUT2D eigenvalue weighted by molar-refractivity contribution is 5.82. The molecule has 4 nitrogen and oxygen atoms in total. The number of nitrogens with one attached hydrogen (secondary N) is 1. The average molecular weight is 328 g/mol. The van der Waals surface area contributed by atoms with Crippen LogP contribution in [0.5, 0.6) is 0 Å². The fourth-order valence-electron chi connectivity index (χ4n) is 2.63. The van der Waals surface area contributed by atoms with E-state index in [0.29, 0.717) is 19.4 Å². The zero-order chi connectivity index (χ0) is 16.9. The number of benzene rings is 1. The first-order valence-electron chi connectivity index (χ1n) is 7.51. The van der Waals surface area contributed by atoms with Crippen molar-refractivity contribution in [2.75, 3.05) is 19.6 Å². The van der Waals surface area contributed by atoms with Gasteiger partial charge in [-0.1, -0.05) is 30.3 Å². The molecule has 0 radical (unpaired) electrons. The minimum Gasteiger partial charge on any atom is -0.347 e. The number of hydrogen-bond donors (Lipinski definition) is 1. The summed E-state index contributed by atoms with van der Waals surface area (Å²) in [6.45, 7) is -0.621. The fourth-order valence-corrected chi connectivity index (χ4v) is 2.63. The number of halogens is 3. The van der Waals surface area contributed by atoms with Gasteiger partial charge < -0.3 is 10.2 Å². The van der Waals surface area contributed by atoms with Gasteiger partial charge in [0.15, 0.2) is 0 Å². The number of likely N-dealkylation sites (tertiary alicyclic amines) is 1. The van der Waals surface area contributed by atoms with Crippen LogP contribution < -0.4 is 5.32 Å². The zero-order valence-electron chi connectivity index (χ0n) is 12.6. The van der Waals surface area contributed by atoms with Crippen molar-refractivity contribution in [2.24, 2.45) is 5.92 Å². The molecule has 2 rings (SSSR count). The molecule has 1 heterocycles. The van der Waals surface area contributed by atoms with Crippen molar-refractivity contribution < 1.29 is 22.8 Å². The van der Waals surface area contributed by atoms with Gasteiger partial charge in [0.05, 0.1) is 12.3 Å². The Morgan fingerprint density at radius 3 is 2.57 bits per heavy atom. The molecule has 1 aromatic rings. The second kappa shape index (κ2) is 7.48. The van der Waals surface area contributed by atoms with E-state index in [4.69, 9.17) is 0 Å². The number of carbonyl (C=O) groups excluding carboxylic acids is 2. The minimum absolute atomic E-state index is 0.107. The molecular weight excluding hydrogens is 309 g/mol. The maximum absolute atomic E-state index is 12.3. The fraction of sp³-hybridized carbons (Fsp3) is 0.500. The summed E-state index contributed by atoms with van der Waals surface area (Å²) in [7, 11) is 0. The van der Waals surface area contributed by atoms with Crippen LogP contribution in [0.1, 0.15) is 18.4 Å². The molecule has 1 fully saturated rings. The molecule has 1 atom stereocenters. The predicted molar refractivity (Wildman–Crippen MR) is 78.5 cm³/mol. The molecule has 1 aliphatic rings. The second-order valence-electron chi connectivity index (χ2n) is 5.67. The summed E-state index contributed by atoms with van der Waals surface area (Å²) in [5.74, 6) is -1.32. The Balaban J connectivity index is 1.87.